The highest BCUT2D eigenvalue weighted by molar-refractivity contribution is 7.90. The van der Waals surface area contributed by atoms with Crippen molar-refractivity contribution in [3.8, 4) is 22.4 Å². The first-order valence-corrected chi connectivity index (χ1v) is 9.88. The fourth-order valence-corrected chi connectivity index (χ4v) is 3.50. The Hall–Kier alpha value is -3.12. The minimum atomic E-state index is -3.27. The van der Waals surface area contributed by atoms with Crippen molar-refractivity contribution in [2.24, 2.45) is 0 Å². The maximum absolute atomic E-state index is 11.8. The van der Waals surface area contributed by atoms with E-state index in [9.17, 15) is 8.42 Å². The van der Waals surface area contributed by atoms with Gasteiger partial charge in [-0.3, -0.25) is 9.97 Å². The van der Waals surface area contributed by atoms with Gasteiger partial charge in [-0.05, 0) is 48.0 Å². The fourth-order valence-electron chi connectivity index (χ4n) is 2.84. The van der Waals surface area contributed by atoms with Gasteiger partial charge in [0.25, 0.3) is 0 Å². The Morgan fingerprint density at radius 3 is 2.42 bits per heavy atom. The van der Waals surface area contributed by atoms with E-state index < -0.39 is 9.84 Å². The molecule has 4 aromatic rings. The lowest BCUT2D eigenvalue weighted by molar-refractivity contribution is 0.602. The Morgan fingerprint density at radius 1 is 0.846 bits per heavy atom. The van der Waals surface area contributed by atoms with Gasteiger partial charge in [-0.1, -0.05) is 12.1 Å². The maximum Gasteiger partial charge on any atom is 0.175 e. The van der Waals surface area contributed by atoms with Gasteiger partial charge >= 0.3 is 0 Å². The van der Waals surface area contributed by atoms with Gasteiger partial charge in [0.15, 0.2) is 9.84 Å². The molecule has 5 nitrogen and oxygen atoms in total. The minimum absolute atomic E-state index is 0.275. The third kappa shape index (κ3) is 3.07. The molecule has 0 aliphatic heterocycles. The van der Waals surface area contributed by atoms with E-state index in [0.29, 0.717) is 5.69 Å². The largest absolute Gasteiger partial charge is 0.265 e. The molecule has 0 aliphatic carbocycles. The molecule has 0 radical (unpaired) electrons. The molecule has 0 saturated heterocycles. The summed E-state index contributed by atoms with van der Waals surface area (Å²) in [5.74, 6) is 0. The lowest BCUT2D eigenvalue weighted by Gasteiger charge is -2.08. The van der Waals surface area contributed by atoms with E-state index in [1.165, 1.54) is 6.26 Å². The van der Waals surface area contributed by atoms with Crippen LogP contribution in [0.15, 0.2) is 78.1 Å². The van der Waals surface area contributed by atoms with Crippen LogP contribution in [0.2, 0.25) is 0 Å². The van der Waals surface area contributed by atoms with Gasteiger partial charge in [-0.15, -0.1) is 0 Å². The number of pyridine rings is 3. The average molecular weight is 361 g/mol. The van der Waals surface area contributed by atoms with Crippen LogP contribution in [0, 0.1) is 0 Å². The first-order valence-electron chi connectivity index (χ1n) is 7.99. The summed E-state index contributed by atoms with van der Waals surface area (Å²) in [4.78, 5) is 13.5. The number of nitrogens with zero attached hydrogens (tertiary/aromatic N) is 3. The molecular weight excluding hydrogens is 346 g/mol. The van der Waals surface area contributed by atoms with E-state index in [1.807, 2.05) is 36.4 Å². The molecule has 0 unspecified atom stereocenters. The van der Waals surface area contributed by atoms with Crippen LogP contribution in [0.3, 0.4) is 0 Å². The molecule has 3 aromatic heterocycles. The second-order valence-corrected chi connectivity index (χ2v) is 7.97. The van der Waals surface area contributed by atoms with Gasteiger partial charge in [0.2, 0.25) is 0 Å². The minimum Gasteiger partial charge on any atom is -0.265 e. The normalized spacial score (nSPS) is 11.6. The van der Waals surface area contributed by atoms with E-state index in [0.717, 1.165) is 27.7 Å². The van der Waals surface area contributed by atoms with Crippen LogP contribution in [0.1, 0.15) is 0 Å². The van der Waals surface area contributed by atoms with E-state index in [2.05, 4.69) is 9.97 Å². The first-order chi connectivity index (χ1) is 12.5. The summed E-state index contributed by atoms with van der Waals surface area (Å²) in [7, 11) is -3.27. The second kappa shape index (κ2) is 6.31. The molecule has 26 heavy (non-hydrogen) atoms. The molecule has 0 amide bonds. The summed E-state index contributed by atoms with van der Waals surface area (Å²) in [5.41, 5.74) is 4.95. The SMILES string of the molecule is CS(=O)(=O)c1cccc(-c2ccc3nccc(-c4ccncc4)c3n2)c1. The second-order valence-electron chi connectivity index (χ2n) is 5.96. The Kier molecular flexibility index (Phi) is 3.97. The van der Waals surface area contributed by atoms with E-state index >= 15 is 0 Å². The molecule has 0 aliphatic rings. The van der Waals surface area contributed by atoms with Crippen molar-refractivity contribution in [3.63, 3.8) is 0 Å². The third-order valence-corrected chi connectivity index (χ3v) is 5.24. The van der Waals surface area contributed by atoms with Crippen LogP contribution < -0.4 is 0 Å². The molecule has 0 atom stereocenters. The molecule has 0 spiro atoms. The molecular formula is C20H15N3O2S. The van der Waals surface area contributed by atoms with Crippen LogP contribution in [0.5, 0.6) is 0 Å². The molecule has 4 rings (SSSR count). The van der Waals surface area contributed by atoms with E-state index in [1.54, 1.807) is 36.8 Å². The van der Waals surface area contributed by atoms with Gasteiger partial charge < -0.3 is 0 Å². The number of benzene rings is 1. The van der Waals surface area contributed by atoms with Crippen molar-refractivity contribution in [3.05, 3.63) is 73.2 Å². The lowest BCUT2D eigenvalue weighted by Crippen LogP contribution is -1.97. The highest BCUT2D eigenvalue weighted by Gasteiger charge is 2.11. The zero-order valence-electron chi connectivity index (χ0n) is 14.0. The van der Waals surface area contributed by atoms with Crippen LogP contribution in [0.4, 0.5) is 0 Å². The van der Waals surface area contributed by atoms with Crippen molar-refractivity contribution in [1.82, 2.24) is 15.0 Å². The smallest absolute Gasteiger partial charge is 0.175 e. The van der Waals surface area contributed by atoms with Gasteiger partial charge in [0.1, 0.15) is 0 Å². The zero-order valence-corrected chi connectivity index (χ0v) is 14.8. The molecule has 1 aromatic carbocycles. The number of aromatic nitrogens is 3. The third-order valence-electron chi connectivity index (χ3n) is 4.13. The van der Waals surface area contributed by atoms with E-state index in [-0.39, 0.29) is 4.90 Å². The number of rotatable bonds is 3. The van der Waals surface area contributed by atoms with Crippen LogP contribution in [0.25, 0.3) is 33.4 Å². The van der Waals surface area contributed by atoms with Crippen molar-refractivity contribution in [2.75, 3.05) is 6.26 Å². The van der Waals surface area contributed by atoms with Gasteiger partial charge in [0.05, 0.1) is 21.6 Å². The quantitative estimate of drug-likeness (QED) is 0.555. The molecule has 0 N–H and O–H groups in total. The van der Waals surface area contributed by atoms with Crippen LogP contribution in [-0.2, 0) is 9.84 Å². The molecule has 6 heteroatoms. The average Bonchev–Trinajstić information content (AvgIpc) is 2.67. The van der Waals surface area contributed by atoms with Crippen LogP contribution in [-0.4, -0.2) is 29.6 Å². The molecule has 0 saturated carbocycles. The molecule has 3 heterocycles. The Labute approximate surface area is 151 Å². The highest BCUT2D eigenvalue weighted by Crippen LogP contribution is 2.28. The fraction of sp³-hybridized carbons (Fsp3) is 0.0500. The zero-order chi connectivity index (χ0) is 18.1. The van der Waals surface area contributed by atoms with Crippen molar-refractivity contribution in [2.45, 2.75) is 4.90 Å². The first kappa shape index (κ1) is 16.4. The van der Waals surface area contributed by atoms with Crippen LogP contribution >= 0.6 is 0 Å². The summed E-state index contributed by atoms with van der Waals surface area (Å²) in [6.45, 7) is 0. The molecule has 0 fully saturated rings. The lowest BCUT2D eigenvalue weighted by atomic mass is 10.0. The number of sulfone groups is 1. The maximum atomic E-state index is 11.8. The predicted molar refractivity (Wildman–Crippen MR) is 101 cm³/mol. The van der Waals surface area contributed by atoms with Crippen molar-refractivity contribution in [1.29, 1.82) is 0 Å². The number of hydrogen-bond donors (Lipinski definition) is 0. The summed E-state index contributed by atoms with van der Waals surface area (Å²) < 4.78 is 23.7. The Balaban J connectivity index is 1.91. The molecule has 0 bridgehead atoms. The topological polar surface area (TPSA) is 72.8 Å². The van der Waals surface area contributed by atoms with E-state index in [4.69, 9.17) is 4.98 Å². The monoisotopic (exact) mass is 361 g/mol. The molecule has 128 valence electrons. The highest BCUT2D eigenvalue weighted by atomic mass is 32.2. The summed E-state index contributed by atoms with van der Waals surface area (Å²) in [6, 6.07) is 16.3. The van der Waals surface area contributed by atoms with Gasteiger partial charge in [-0.25, -0.2) is 13.4 Å². The van der Waals surface area contributed by atoms with Crippen molar-refractivity contribution >= 4 is 20.9 Å². The summed E-state index contributed by atoms with van der Waals surface area (Å²) >= 11 is 0. The predicted octanol–water partition coefficient (Wildman–Crippen LogP) is 3.76. The summed E-state index contributed by atoms with van der Waals surface area (Å²) in [5, 5.41) is 0. The van der Waals surface area contributed by atoms with Gasteiger partial charge in [0, 0.05) is 36.0 Å². The Bertz CT molecular complexity index is 1210. The number of hydrogen-bond acceptors (Lipinski definition) is 5. The standard InChI is InChI=1S/C20H15N3O2S/c1-26(24,25)16-4-2-3-15(13-16)18-5-6-19-20(23-18)17(9-12-22-19)14-7-10-21-11-8-14/h2-13H,1H3. The Morgan fingerprint density at radius 2 is 1.65 bits per heavy atom. The van der Waals surface area contributed by atoms with Gasteiger partial charge in [-0.2, -0.15) is 0 Å². The summed E-state index contributed by atoms with van der Waals surface area (Å²) in [6.07, 6.45) is 6.43. The number of fused-ring (bicyclic) bond motifs is 1. The van der Waals surface area contributed by atoms with Crippen molar-refractivity contribution < 1.29 is 8.42 Å².